The van der Waals surface area contributed by atoms with E-state index in [9.17, 15) is 9.13 Å². The standard InChI is InChI=1S/C30H50O8P2/c1-7-12-13-22-20-23-21-24(37-39(31,33-8-2)34-9-3)14-15-25(23)26-18-19-30(6)27(29(22)26)16-17-28(30)38-40(32,35-10-4)36-11-5/h14-15,21-22,26-29H,7-13,16-20H2,1-6H3/t22-,26-,27+,28+,29-,30+/m1/s1. The number of benzene rings is 1. The number of rotatable bonds is 15. The van der Waals surface area contributed by atoms with E-state index in [0.29, 0.717) is 42.6 Å². The molecule has 2 fully saturated rings. The van der Waals surface area contributed by atoms with E-state index < -0.39 is 15.6 Å². The van der Waals surface area contributed by atoms with E-state index in [4.69, 9.17) is 27.1 Å². The molecule has 0 aromatic heterocycles. The Kier molecular flexibility index (Phi) is 11.0. The highest BCUT2D eigenvalue weighted by atomic mass is 31.2. The van der Waals surface area contributed by atoms with E-state index in [1.807, 2.05) is 19.9 Å². The molecule has 6 atom stereocenters. The highest BCUT2D eigenvalue weighted by molar-refractivity contribution is 7.49. The van der Waals surface area contributed by atoms with Crippen LogP contribution in [0.15, 0.2) is 18.2 Å². The topological polar surface area (TPSA) is 89.5 Å². The molecule has 3 aliphatic carbocycles. The van der Waals surface area contributed by atoms with Crippen LogP contribution in [-0.4, -0.2) is 32.5 Å². The van der Waals surface area contributed by atoms with Crippen molar-refractivity contribution in [3.63, 3.8) is 0 Å². The van der Waals surface area contributed by atoms with E-state index in [-0.39, 0.29) is 24.7 Å². The van der Waals surface area contributed by atoms with Crippen molar-refractivity contribution in [1.29, 1.82) is 0 Å². The van der Waals surface area contributed by atoms with Crippen LogP contribution >= 0.6 is 15.6 Å². The fourth-order valence-electron chi connectivity index (χ4n) is 7.80. The first-order valence-corrected chi connectivity index (χ1v) is 18.4. The number of fused-ring (bicyclic) bond motifs is 5. The maximum absolute atomic E-state index is 13.3. The third kappa shape index (κ3) is 6.75. The molecule has 0 amide bonds. The van der Waals surface area contributed by atoms with Gasteiger partial charge in [0.2, 0.25) is 0 Å². The predicted octanol–water partition coefficient (Wildman–Crippen LogP) is 9.09. The molecule has 40 heavy (non-hydrogen) atoms. The van der Waals surface area contributed by atoms with E-state index in [0.717, 1.165) is 38.5 Å². The van der Waals surface area contributed by atoms with Gasteiger partial charge >= 0.3 is 15.6 Å². The van der Waals surface area contributed by atoms with Crippen molar-refractivity contribution in [3.8, 4) is 5.75 Å². The lowest BCUT2D eigenvalue weighted by molar-refractivity contribution is -0.0436. The van der Waals surface area contributed by atoms with Crippen LogP contribution in [0.25, 0.3) is 0 Å². The highest BCUT2D eigenvalue weighted by Crippen LogP contribution is 2.66. The minimum Gasteiger partial charge on any atom is -0.404 e. The molecule has 1 aromatic carbocycles. The molecule has 0 radical (unpaired) electrons. The summed E-state index contributed by atoms with van der Waals surface area (Å²) in [7, 11) is -7.24. The Morgan fingerprint density at radius 3 is 2.15 bits per heavy atom. The van der Waals surface area contributed by atoms with Crippen molar-refractivity contribution in [1.82, 2.24) is 0 Å². The summed E-state index contributed by atoms with van der Waals surface area (Å²) in [6.07, 6.45) is 8.35. The predicted molar refractivity (Wildman–Crippen MR) is 157 cm³/mol. The van der Waals surface area contributed by atoms with Gasteiger partial charge in [-0.05, 0) is 119 Å². The van der Waals surface area contributed by atoms with Gasteiger partial charge in [0.15, 0.2) is 0 Å². The summed E-state index contributed by atoms with van der Waals surface area (Å²) in [5.41, 5.74) is 2.59. The third-order valence-corrected chi connectivity index (χ3v) is 12.6. The lowest BCUT2D eigenvalue weighted by atomic mass is 9.52. The Morgan fingerprint density at radius 1 is 0.875 bits per heavy atom. The molecule has 0 N–H and O–H groups in total. The molecule has 8 nitrogen and oxygen atoms in total. The molecule has 3 aliphatic rings. The SMILES string of the molecule is CCCC[C@@H]1Cc2cc(OP(=O)(OCC)OCC)ccc2[C@H]2CC[C@]3(C)[C@@H](OP(=O)(OCC)OCC)CC[C@H]3[C@H]12. The van der Waals surface area contributed by atoms with Crippen molar-refractivity contribution in [2.45, 2.75) is 105 Å². The minimum atomic E-state index is -3.65. The molecule has 1 aromatic rings. The van der Waals surface area contributed by atoms with Gasteiger partial charge < -0.3 is 4.52 Å². The van der Waals surface area contributed by atoms with Crippen LogP contribution in [0.5, 0.6) is 5.75 Å². The summed E-state index contributed by atoms with van der Waals surface area (Å²) >= 11 is 0. The zero-order valence-corrected chi connectivity index (χ0v) is 27.1. The van der Waals surface area contributed by atoms with Crippen molar-refractivity contribution >= 4 is 15.6 Å². The van der Waals surface area contributed by atoms with Gasteiger partial charge in [-0.25, -0.2) is 9.13 Å². The number of unbranched alkanes of at least 4 members (excludes halogenated alkanes) is 1. The van der Waals surface area contributed by atoms with Crippen molar-refractivity contribution in [2.75, 3.05) is 26.4 Å². The van der Waals surface area contributed by atoms with Crippen molar-refractivity contribution in [3.05, 3.63) is 29.3 Å². The van der Waals surface area contributed by atoms with Gasteiger partial charge in [0.25, 0.3) is 0 Å². The zero-order valence-electron chi connectivity index (χ0n) is 25.3. The van der Waals surface area contributed by atoms with Crippen molar-refractivity contribution < 1.29 is 36.3 Å². The molecule has 2 saturated carbocycles. The largest absolute Gasteiger partial charge is 0.530 e. The number of hydrogen-bond donors (Lipinski definition) is 0. The summed E-state index contributed by atoms with van der Waals surface area (Å²) < 4.78 is 60.3. The maximum Gasteiger partial charge on any atom is 0.530 e. The molecule has 0 heterocycles. The molecule has 228 valence electrons. The lowest BCUT2D eigenvalue weighted by Crippen LogP contribution is -2.47. The minimum absolute atomic E-state index is 0.0718. The van der Waals surface area contributed by atoms with Crippen LogP contribution in [0.1, 0.15) is 104 Å². The first kappa shape index (κ1) is 32.2. The average Bonchev–Trinajstić information content (AvgIpc) is 3.22. The Hall–Kier alpha value is -0.720. The van der Waals surface area contributed by atoms with Gasteiger partial charge in [0, 0.05) is 0 Å². The van der Waals surface area contributed by atoms with Gasteiger partial charge in [-0.1, -0.05) is 32.8 Å². The molecule has 0 aliphatic heterocycles. The van der Waals surface area contributed by atoms with E-state index in [2.05, 4.69) is 26.0 Å². The van der Waals surface area contributed by atoms with Crippen LogP contribution in [0, 0.1) is 23.2 Å². The van der Waals surface area contributed by atoms with Crippen LogP contribution in [0.3, 0.4) is 0 Å². The Labute approximate surface area is 241 Å². The Balaban J connectivity index is 1.61. The number of phosphoric ester groups is 2. The highest BCUT2D eigenvalue weighted by Gasteiger charge is 2.58. The first-order chi connectivity index (χ1) is 19.2. The molecule has 0 saturated heterocycles. The van der Waals surface area contributed by atoms with Crippen LogP contribution in [0.4, 0.5) is 0 Å². The fraction of sp³-hybridized carbons (Fsp3) is 0.800. The molecule has 0 spiro atoms. The molecule has 10 heteroatoms. The average molecular weight is 601 g/mol. The second-order valence-corrected chi connectivity index (χ2v) is 14.8. The van der Waals surface area contributed by atoms with Gasteiger partial charge in [-0.15, -0.1) is 0 Å². The molecule has 4 rings (SSSR count). The molecule has 0 bridgehead atoms. The van der Waals surface area contributed by atoms with Gasteiger partial charge in [-0.2, -0.15) is 0 Å². The van der Waals surface area contributed by atoms with Gasteiger partial charge in [0.05, 0.1) is 32.5 Å². The van der Waals surface area contributed by atoms with E-state index in [1.54, 1.807) is 13.8 Å². The quantitative estimate of drug-likeness (QED) is 0.184. The van der Waals surface area contributed by atoms with E-state index in [1.165, 1.54) is 24.0 Å². The summed E-state index contributed by atoms with van der Waals surface area (Å²) in [5, 5.41) is 0. The second kappa shape index (κ2) is 13.7. The summed E-state index contributed by atoms with van der Waals surface area (Å²) in [6.45, 7) is 12.9. The van der Waals surface area contributed by atoms with Gasteiger partial charge in [-0.3, -0.25) is 22.6 Å². The normalized spacial score (nSPS) is 30.0. The summed E-state index contributed by atoms with van der Waals surface area (Å²) in [6, 6.07) is 6.15. The Bertz CT molecular complexity index is 1060. The smallest absolute Gasteiger partial charge is 0.404 e. The second-order valence-electron chi connectivity index (χ2n) is 11.6. The van der Waals surface area contributed by atoms with Crippen LogP contribution < -0.4 is 4.52 Å². The zero-order chi connectivity index (χ0) is 29.0. The van der Waals surface area contributed by atoms with Gasteiger partial charge in [0.1, 0.15) is 5.75 Å². The monoisotopic (exact) mass is 600 g/mol. The molecular weight excluding hydrogens is 550 g/mol. The summed E-state index contributed by atoms with van der Waals surface area (Å²) in [5.74, 6) is 2.54. The van der Waals surface area contributed by atoms with E-state index >= 15 is 0 Å². The fourth-order valence-corrected chi connectivity index (χ4v) is 10.5. The van der Waals surface area contributed by atoms with Crippen molar-refractivity contribution in [2.24, 2.45) is 23.2 Å². The first-order valence-electron chi connectivity index (χ1n) is 15.4. The number of phosphoric acid groups is 2. The molecule has 0 unspecified atom stereocenters. The number of hydrogen-bond acceptors (Lipinski definition) is 8. The molecular formula is C30H50O8P2. The maximum atomic E-state index is 13.3. The third-order valence-electron chi connectivity index (χ3n) is 9.34. The lowest BCUT2D eigenvalue weighted by Gasteiger charge is -2.53. The van der Waals surface area contributed by atoms with Crippen LogP contribution in [0.2, 0.25) is 0 Å². The summed E-state index contributed by atoms with van der Waals surface area (Å²) in [4.78, 5) is 0. The van der Waals surface area contributed by atoms with Crippen LogP contribution in [-0.2, 0) is 38.2 Å². The Morgan fingerprint density at radius 2 is 1.52 bits per heavy atom.